The number of benzene rings is 2. The van der Waals surface area contributed by atoms with Crippen LogP contribution in [0.15, 0.2) is 65.7 Å². The first-order valence-corrected chi connectivity index (χ1v) is 11.9. The maximum Gasteiger partial charge on any atom is 0.172 e. The van der Waals surface area contributed by atoms with Gasteiger partial charge in [-0.05, 0) is 60.4 Å². The van der Waals surface area contributed by atoms with Crippen molar-refractivity contribution < 1.29 is 14.0 Å². The second-order valence-corrected chi connectivity index (χ2v) is 9.71. The van der Waals surface area contributed by atoms with E-state index in [1.54, 1.807) is 13.4 Å². The van der Waals surface area contributed by atoms with Gasteiger partial charge < -0.3 is 24.4 Å². The SMILES string of the molecule is COc1cc(C=C2CC3(CNC3)CN3C2=NOCC3c2ccc(F)cc2)ccc1-n1cnc(C)c1. The lowest BCUT2D eigenvalue weighted by Gasteiger charge is -2.53. The Kier molecular flexibility index (Phi) is 5.33. The van der Waals surface area contributed by atoms with E-state index in [4.69, 9.17) is 9.57 Å². The Hall–Kier alpha value is -3.65. The largest absolute Gasteiger partial charge is 0.495 e. The van der Waals surface area contributed by atoms with E-state index in [1.165, 1.54) is 12.1 Å². The van der Waals surface area contributed by atoms with Gasteiger partial charge in [0.2, 0.25) is 0 Å². The van der Waals surface area contributed by atoms with Crippen molar-refractivity contribution in [1.29, 1.82) is 0 Å². The molecule has 2 fully saturated rings. The van der Waals surface area contributed by atoms with E-state index in [2.05, 4.69) is 32.5 Å². The first-order valence-electron chi connectivity index (χ1n) is 11.9. The first kappa shape index (κ1) is 21.9. The normalized spacial score (nSPS) is 21.8. The van der Waals surface area contributed by atoms with Crippen LogP contribution in [0.4, 0.5) is 4.39 Å². The molecule has 0 aliphatic carbocycles. The molecule has 3 aromatic rings. The zero-order valence-corrected chi connectivity index (χ0v) is 19.9. The van der Waals surface area contributed by atoms with Crippen LogP contribution in [0.25, 0.3) is 11.8 Å². The summed E-state index contributed by atoms with van der Waals surface area (Å²) in [5, 5.41) is 7.95. The van der Waals surface area contributed by atoms with Crippen molar-refractivity contribution in [3.63, 3.8) is 0 Å². The molecule has 7 nitrogen and oxygen atoms in total. The summed E-state index contributed by atoms with van der Waals surface area (Å²) in [6, 6.07) is 12.9. The Morgan fingerprint density at radius 1 is 1.20 bits per heavy atom. The molecule has 1 aromatic heterocycles. The number of hydrogen-bond donors (Lipinski definition) is 1. The number of aryl methyl sites for hydroxylation is 1. The minimum Gasteiger partial charge on any atom is -0.495 e. The van der Waals surface area contributed by atoms with Crippen molar-refractivity contribution in [3.8, 4) is 11.4 Å². The van der Waals surface area contributed by atoms with Crippen LogP contribution >= 0.6 is 0 Å². The number of aromatic nitrogens is 2. The molecule has 3 aliphatic rings. The number of piperidine rings is 1. The number of methoxy groups -OCH3 is 1. The second-order valence-electron chi connectivity index (χ2n) is 9.71. The lowest BCUT2D eigenvalue weighted by atomic mass is 9.72. The highest BCUT2D eigenvalue weighted by atomic mass is 19.1. The molecular weight excluding hydrogens is 445 g/mol. The van der Waals surface area contributed by atoms with Crippen LogP contribution in [-0.4, -0.2) is 53.6 Å². The summed E-state index contributed by atoms with van der Waals surface area (Å²) >= 11 is 0. The standard InChI is InChI=1S/C27H28FN5O2/c1-18-12-32(17-30-18)23-8-3-19(10-25(23)34-2)9-21-11-27(14-29-15-27)16-33-24(13-35-31-26(21)33)20-4-6-22(28)7-5-20/h3-10,12,17,24,29H,11,13-16H2,1-2H3. The van der Waals surface area contributed by atoms with Gasteiger partial charge in [-0.2, -0.15) is 0 Å². The fourth-order valence-corrected chi connectivity index (χ4v) is 5.33. The molecule has 4 heterocycles. The molecule has 1 spiro atoms. The van der Waals surface area contributed by atoms with Gasteiger partial charge in [-0.15, -0.1) is 0 Å². The third-order valence-electron chi connectivity index (χ3n) is 7.18. The van der Waals surface area contributed by atoms with Crippen molar-refractivity contribution in [3.05, 3.63) is 83.2 Å². The number of hydrogen-bond acceptors (Lipinski definition) is 6. The van der Waals surface area contributed by atoms with Gasteiger partial charge in [-0.25, -0.2) is 9.37 Å². The number of fused-ring (bicyclic) bond motifs is 1. The maximum atomic E-state index is 13.6. The quantitative estimate of drug-likeness (QED) is 0.618. The molecular formula is C27H28FN5O2. The van der Waals surface area contributed by atoms with Crippen molar-refractivity contribution in [1.82, 2.24) is 19.8 Å². The van der Waals surface area contributed by atoms with Gasteiger partial charge in [0, 0.05) is 31.2 Å². The van der Waals surface area contributed by atoms with Crippen molar-refractivity contribution >= 4 is 11.9 Å². The van der Waals surface area contributed by atoms with E-state index in [9.17, 15) is 4.39 Å². The summed E-state index contributed by atoms with van der Waals surface area (Å²) in [5.41, 5.74) is 5.25. The molecule has 3 aliphatic heterocycles. The fraction of sp³-hybridized carbons (Fsp3) is 0.333. The molecule has 0 radical (unpaired) electrons. The number of ether oxygens (including phenoxy) is 1. The summed E-state index contributed by atoms with van der Waals surface area (Å²) in [4.78, 5) is 12.4. The average molecular weight is 474 g/mol. The predicted octanol–water partition coefficient (Wildman–Crippen LogP) is 4.09. The highest BCUT2D eigenvalue weighted by Crippen LogP contribution is 2.43. The highest BCUT2D eigenvalue weighted by Gasteiger charge is 2.47. The van der Waals surface area contributed by atoms with Gasteiger partial charge in [-0.1, -0.05) is 23.4 Å². The Balaban J connectivity index is 1.37. The van der Waals surface area contributed by atoms with Gasteiger partial charge in [-0.3, -0.25) is 0 Å². The summed E-state index contributed by atoms with van der Waals surface area (Å²) in [7, 11) is 1.68. The van der Waals surface area contributed by atoms with Crippen LogP contribution in [0, 0.1) is 18.2 Å². The van der Waals surface area contributed by atoms with Crippen LogP contribution in [0.2, 0.25) is 0 Å². The third-order valence-corrected chi connectivity index (χ3v) is 7.18. The molecule has 6 rings (SSSR count). The maximum absolute atomic E-state index is 13.6. The molecule has 2 aromatic carbocycles. The zero-order chi connectivity index (χ0) is 24.0. The van der Waals surface area contributed by atoms with E-state index in [-0.39, 0.29) is 17.3 Å². The van der Waals surface area contributed by atoms with Gasteiger partial charge in [0.1, 0.15) is 18.2 Å². The van der Waals surface area contributed by atoms with Crippen LogP contribution in [0.1, 0.15) is 29.3 Å². The summed E-state index contributed by atoms with van der Waals surface area (Å²) < 4.78 is 21.3. The average Bonchev–Trinajstić information content (AvgIpc) is 3.29. The molecule has 180 valence electrons. The number of nitrogens with one attached hydrogen (secondary N) is 1. The minimum atomic E-state index is -0.235. The van der Waals surface area contributed by atoms with Crippen LogP contribution in [-0.2, 0) is 4.84 Å². The smallest absolute Gasteiger partial charge is 0.172 e. The van der Waals surface area contributed by atoms with E-state index < -0.39 is 0 Å². The lowest BCUT2D eigenvalue weighted by molar-refractivity contribution is 0.0192. The second kappa shape index (κ2) is 8.53. The Morgan fingerprint density at radius 3 is 2.71 bits per heavy atom. The number of nitrogens with zero attached hydrogens (tertiary/aromatic N) is 4. The molecule has 8 heteroatoms. The van der Waals surface area contributed by atoms with Crippen LogP contribution < -0.4 is 10.1 Å². The first-order chi connectivity index (χ1) is 17.0. The van der Waals surface area contributed by atoms with Crippen molar-refractivity contribution in [2.24, 2.45) is 10.6 Å². The summed E-state index contributed by atoms with van der Waals surface area (Å²) in [5.74, 6) is 1.40. The molecule has 1 atom stereocenters. The zero-order valence-electron chi connectivity index (χ0n) is 19.9. The Bertz CT molecular complexity index is 1310. The molecule has 1 unspecified atom stereocenters. The van der Waals surface area contributed by atoms with Gasteiger partial charge in [0.05, 0.1) is 30.9 Å². The number of oxime groups is 1. The third kappa shape index (κ3) is 3.97. The van der Waals surface area contributed by atoms with E-state index in [0.29, 0.717) is 6.61 Å². The van der Waals surface area contributed by atoms with Gasteiger partial charge in [0.15, 0.2) is 5.84 Å². The molecule has 2 saturated heterocycles. The van der Waals surface area contributed by atoms with Crippen LogP contribution in [0.5, 0.6) is 5.75 Å². The number of imidazole rings is 1. The Morgan fingerprint density at radius 2 is 2.03 bits per heavy atom. The van der Waals surface area contributed by atoms with Crippen molar-refractivity contribution in [2.75, 3.05) is 33.4 Å². The number of rotatable bonds is 4. The minimum absolute atomic E-state index is 0.00864. The summed E-state index contributed by atoms with van der Waals surface area (Å²) in [6.45, 7) is 5.23. The topological polar surface area (TPSA) is 63.9 Å². The highest BCUT2D eigenvalue weighted by molar-refractivity contribution is 6.03. The monoisotopic (exact) mass is 473 g/mol. The van der Waals surface area contributed by atoms with Gasteiger partial charge >= 0.3 is 0 Å². The van der Waals surface area contributed by atoms with Crippen LogP contribution in [0.3, 0.4) is 0 Å². The molecule has 0 amide bonds. The van der Waals surface area contributed by atoms with E-state index >= 15 is 0 Å². The molecule has 35 heavy (non-hydrogen) atoms. The Labute approximate surface area is 203 Å². The predicted molar refractivity (Wildman–Crippen MR) is 132 cm³/mol. The van der Waals surface area contributed by atoms with E-state index in [0.717, 1.165) is 65.7 Å². The lowest BCUT2D eigenvalue weighted by Crippen LogP contribution is -2.63. The number of amidine groups is 1. The summed E-state index contributed by atoms with van der Waals surface area (Å²) in [6.07, 6.45) is 6.87. The number of halogens is 1. The van der Waals surface area contributed by atoms with E-state index in [1.807, 2.05) is 42.0 Å². The molecule has 0 bridgehead atoms. The van der Waals surface area contributed by atoms with Gasteiger partial charge in [0.25, 0.3) is 0 Å². The van der Waals surface area contributed by atoms with Crippen molar-refractivity contribution in [2.45, 2.75) is 19.4 Å². The fourth-order valence-electron chi connectivity index (χ4n) is 5.33. The molecule has 1 N–H and O–H groups in total. The molecule has 0 saturated carbocycles.